The Kier molecular flexibility index (Phi) is 7.41. The van der Waals surface area contributed by atoms with E-state index in [1.165, 1.54) is 7.11 Å². The Morgan fingerprint density at radius 1 is 0.963 bits per heavy atom. The van der Waals surface area contributed by atoms with E-state index in [-0.39, 0.29) is 24.3 Å². The molecular formula is C22H27NO4. The Morgan fingerprint density at radius 2 is 1.59 bits per heavy atom. The molecule has 0 spiro atoms. The van der Waals surface area contributed by atoms with Gasteiger partial charge in [0.2, 0.25) is 5.91 Å². The number of benzene rings is 2. The van der Waals surface area contributed by atoms with Gasteiger partial charge in [-0.3, -0.25) is 9.59 Å². The molecule has 0 saturated heterocycles. The van der Waals surface area contributed by atoms with Crippen molar-refractivity contribution in [2.45, 2.75) is 26.3 Å². The van der Waals surface area contributed by atoms with E-state index in [1.807, 2.05) is 61.5 Å². The second-order valence-electron chi connectivity index (χ2n) is 6.58. The highest BCUT2D eigenvalue weighted by atomic mass is 16.5. The fourth-order valence-corrected chi connectivity index (χ4v) is 2.98. The average Bonchev–Trinajstić information content (AvgIpc) is 2.71. The third-order valence-corrected chi connectivity index (χ3v) is 4.66. The van der Waals surface area contributed by atoms with Gasteiger partial charge in [0.1, 0.15) is 5.75 Å². The third kappa shape index (κ3) is 5.58. The second kappa shape index (κ2) is 9.76. The molecule has 144 valence electrons. The maximum atomic E-state index is 13.1. The second-order valence-corrected chi connectivity index (χ2v) is 6.58. The lowest BCUT2D eigenvalue weighted by Crippen LogP contribution is -2.39. The van der Waals surface area contributed by atoms with Crippen LogP contribution >= 0.6 is 0 Å². The van der Waals surface area contributed by atoms with Crippen LogP contribution in [0.2, 0.25) is 0 Å². The minimum atomic E-state index is -0.402. The average molecular weight is 369 g/mol. The Balaban J connectivity index is 2.21. The van der Waals surface area contributed by atoms with Gasteiger partial charge in [-0.2, -0.15) is 0 Å². The van der Waals surface area contributed by atoms with Gasteiger partial charge in [0, 0.05) is 6.54 Å². The van der Waals surface area contributed by atoms with E-state index in [4.69, 9.17) is 9.47 Å². The Bertz CT molecular complexity index is 743. The first-order valence-corrected chi connectivity index (χ1v) is 9.01. The first kappa shape index (κ1) is 20.5. The normalized spacial score (nSPS) is 12.7. The van der Waals surface area contributed by atoms with Crippen molar-refractivity contribution >= 4 is 11.9 Å². The lowest BCUT2D eigenvalue weighted by atomic mass is 10.0. The molecule has 0 radical (unpaired) electrons. The van der Waals surface area contributed by atoms with Crippen molar-refractivity contribution in [3.05, 3.63) is 65.7 Å². The quantitative estimate of drug-likeness (QED) is 0.667. The molecular weight excluding hydrogens is 342 g/mol. The molecule has 0 fully saturated rings. The highest BCUT2D eigenvalue weighted by molar-refractivity contribution is 5.80. The van der Waals surface area contributed by atoms with Crippen molar-refractivity contribution in [1.82, 2.24) is 4.90 Å². The molecule has 1 amide bonds. The lowest BCUT2D eigenvalue weighted by Gasteiger charge is -2.31. The van der Waals surface area contributed by atoms with Crippen LogP contribution in [0.25, 0.3) is 0 Å². The molecule has 0 saturated carbocycles. The lowest BCUT2D eigenvalue weighted by molar-refractivity contribution is -0.147. The number of hydrogen-bond acceptors (Lipinski definition) is 4. The van der Waals surface area contributed by atoms with Gasteiger partial charge in [-0.25, -0.2) is 0 Å². The van der Waals surface area contributed by atoms with E-state index in [0.29, 0.717) is 6.54 Å². The Morgan fingerprint density at radius 3 is 2.15 bits per heavy atom. The van der Waals surface area contributed by atoms with Crippen LogP contribution in [0.15, 0.2) is 54.6 Å². The molecule has 0 aliphatic carbocycles. The van der Waals surface area contributed by atoms with Gasteiger partial charge in [-0.1, -0.05) is 49.4 Å². The van der Waals surface area contributed by atoms with Crippen LogP contribution in [0.4, 0.5) is 0 Å². The van der Waals surface area contributed by atoms with E-state index < -0.39 is 5.92 Å². The fourth-order valence-electron chi connectivity index (χ4n) is 2.98. The van der Waals surface area contributed by atoms with Gasteiger partial charge in [0.15, 0.2) is 0 Å². The zero-order chi connectivity index (χ0) is 19.8. The summed E-state index contributed by atoms with van der Waals surface area (Å²) in [5, 5.41) is 0. The Hall–Kier alpha value is -2.82. The minimum absolute atomic E-state index is 0.0349. The number of amides is 1. The number of ether oxygens (including phenoxy) is 2. The summed E-state index contributed by atoms with van der Waals surface area (Å²) >= 11 is 0. The summed E-state index contributed by atoms with van der Waals surface area (Å²) in [5.41, 5.74) is 1.93. The van der Waals surface area contributed by atoms with Crippen molar-refractivity contribution in [3.8, 4) is 5.75 Å². The van der Waals surface area contributed by atoms with Gasteiger partial charge < -0.3 is 14.4 Å². The molecule has 27 heavy (non-hydrogen) atoms. The molecule has 2 aromatic rings. The predicted octanol–water partition coefficient (Wildman–Crippen LogP) is 3.64. The van der Waals surface area contributed by atoms with E-state index in [0.717, 1.165) is 16.9 Å². The summed E-state index contributed by atoms with van der Waals surface area (Å²) in [6.07, 6.45) is 0.259. The zero-order valence-electron chi connectivity index (χ0n) is 16.3. The molecule has 5 nitrogen and oxygen atoms in total. The van der Waals surface area contributed by atoms with E-state index in [1.54, 1.807) is 18.9 Å². The fraction of sp³-hybridized carbons (Fsp3) is 0.364. The maximum Gasteiger partial charge on any atom is 0.310 e. The van der Waals surface area contributed by atoms with Crippen LogP contribution in [-0.2, 0) is 20.7 Å². The highest BCUT2D eigenvalue weighted by Gasteiger charge is 2.26. The van der Waals surface area contributed by atoms with Crippen LogP contribution < -0.4 is 4.74 Å². The minimum Gasteiger partial charge on any atom is -0.497 e. The topological polar surface area (TPSA) is 55.8 Å². The summed E-state index contributed by atoms with van der Waals surface area (Å²) < 4.78 is 9.99. The first-order chi connectivity index (χ1) is 13.0. The molecule has 0 N–H and O–H groups in total. The van der Waals surface area contributed by atoms with Crippen molar-refractivity contribution in [2.75, 3.05) is 20.8 Å². The number of rotatable bonds is 8. The summed E-state index contributed by atoms with van der Waals surface area (Å²) in [7, 11) is 2.97. The summed E-state index contributed by atoms with van der Waals surface area (Å²) in [6, 6.07) is 17.1. The van der Waals surface area contributed by atoms with E-state index in [9.17, 15) is 9.59 Å². The number of esters is 1. The SMILES string of the molecule is COC(=O)C(C)CN(C(=O)Cc1ccc(OC)cc1)C(C)c1ccccc1. The van der Waals surface area contributed by atoms with Crippen LogP contribution in [0.3, 0.4) is 0 Å². The molecule has 2 atom stereocenters. The zero-order valence-corrected chi connectivity index (χ0v) is 16.3. The van der Waals surface area contributed by atoms with Gasteiger partial charge in [0.05, 0.1) is 32.6 Å². The Labute approximate surface area is 160 Å². The largest absolute Gasteiger partial charge is 0.497 e. The van der Waals surface area contributed by atoms with Gasteiger partial charge in [0.25, 0.3) is 0 Å². The molecule has 0 aliphatic heterocycles. The molecule has 2 unspecified atom stereocenters. The van der Waals surface area contributed by atoms with Crippen molar-refractivity contribution in [2.24, 2.45) is 5.92 Å². The number of nitrogens with zero attached hydrogens (tertiary/aromatic N) is 1. The molecule has 5 heteroatoms. The first-order valence-electron chi connectivity index (χ1n) is 9.01. The smallest absolute Gasteiger partial charge is 0.310 e. The summed E-state index contributed by atoms with van der Waals surface area (Å²) in [6.45, 7) is 4.06. The molecule has 0 aromatic heterocycles. The van der Waals surface area contributed by atoms with Gasteiger partial charge >= 0.3 is 5.97 Å². The molecule has 0 aliphatic rings. The molecule has 0 heterocycles. The van der Waals surface area contributed by atoms with Gasteiger partial charge in [-0.05, 0) is 30.2 Å². The number of carbonyl (C=O) groups is 2. The van der Waals surface area contributed by atoms with Crippen LogP contribution in [0.1, 0.15) is 31.0 Å². The van der Waals surface area contributed by atoms with E-state index >= 15 is 0 Å². The van der Waals surface area contributed by atoms with Crippen molar-refractivity contribution in [1.29, 1.82) is 0 Å². The van der Waals surface area contributed by atoms with E-state index in [2.05, 4.69) is 0 Å². The molecule has 0 bridgehead atoms. The van der Waals surface area contributed by atoms with Crippen molar-refractivity contribution in [3.63, 3.8) is 0 Å². The van der Waals surface area contributed by atoms with Crippen LogP contribution in [0, 0.1) is 5.92 Å². The third-order valence-electron chi connectivity index (χ3n) is 4.66. The van der Waals surface area contributed by atoms with Crippen molar-refractivity contribution < 1.29 is 19.1 Å². The monoisotopic (exact) mass is 369 g/mol. The molecule has 2 rings (SSSR count). The number of methoxy groups -OCH3 is 2. The number of hydrogen-bond donors (Lipinski definition) is 0. The van der Waals surface area contributed by atoms with Gasteiger partial charge in [-0.15, -0.1) is 0 Å². The van der Waals surface area contributed by atoms with Crippen LogP contribution in [0.5, 0.6) is 5.75 Å². The summed E-state index contributed by atoms with van der Waals surface area (Å²) in [4.78, 5) is 26.7. The standard InChI is InChI=1S/C22H27NO4/c1-16(22(25)27-4)15-23(17(2)19-8-6-5-7-9-19)21(24)14-18-10-12-20(26-3)13-11-18/h5-13,16-17H,14-15H2,1-4H3. The predicted molar refractivity (Wildman–Crippen MR) is 104 cm³/mol. The van der Waals surface area contributed by atoms with Crippen LogP contribution in [-0.4, -0.2) is 37.5 Å². The highest BCUT2D eigenvalue weighted by Crippen LogP contribution is 2.23. The number of carbonyl (C=O) groups excluding carboxylic acids is 2. The molecule has 2 aromatic carbocycles. The summed E-state index contributed by atoms with van der Waals surface area (Å²) in [5.74, 6) is -0.00853. The maximum absolute atomic E-state index is 13.1.